The van der Waals surface area contributed by atoms with Gasteiger partial charge in [0, 0.05) is 12.1 Å². The summed E-state index contributed by atoms with van der Waals surface area (Å²) in [6, 6.07) is 7.44. The van der Waals surface area contributed by atoms with Crippen molar-refractivity contribution in [1.29, 1.82) is 0 Å². The summed E-state index contributed by atoms with van der Waals surface area (Å²) in [6.07, 6.45) is 0. The summed E-state index contributed by atoms with van der Waals surface area (Å²) in [5.74, 6) is -0.391. The summed E-state index contributed by atoms with van der Waals surface area (Å²) in [5, 5.41) is 3.30. The van der Waals surface area contributed by atoms with Crippen molar-refractivity contribution in [1.82, 2.24) is 5.32 Å². The quantitative estimate of drug-likeness (QED) is 0.738. The first-order valence-electron chi connectivity index (χ1n) is 4.99. The molecule has 0 aliphatic carbocycles. The first kappa shape index (κ1) is 10.1. The van der Waals surface area contributed by atoms with Crippen molar-refractivity contribution in [3.63, 3.8) is 0 Å². The number of amides is 1. The lowest BCUT2D eigenvalue weighted by molar-refractivity contribution is 0.0762. The molecule has 0 aromatic heterocycles. The molecule has 1 unspecified atom stereocenters. The molecule has 80 valence electrons. The molecular formula is C11H14N2O2. The second-order valence-electron chi connectivity index (χ2n) is 3.53. The third-order valence-electron chi connectivity index (χ3n) is 2.52. The van der Waals surface area contributed by atoms with E-state index in [1.165, 1.54) is 0 Å². The Hall–Kier alpha value is -1.39. The number of nitrogens with one attached hydrogen (secondary N) is 1. The van der Waals surface area contributed by atoms with E-state index in [0.717, 1.165) is 18.7 Å². The molecule has 1 aliphatic rings. The number of hydrogen-bond donors (Lipinski definition) is 2. The van der Waals surface area contributed by atoms with Crippen molar-refractivity contribution < 1.29 is 9.53 Å². The first-order chi connectivity index (χ1) is 7.29. The number of morpholine rings is 1. The molecule has 1 fully saturated rings. The summed E-state index contributed by atoms with van der Waals surface area (Å²) in [6.45, 7) is 2.11. The summed E-state index contributed by atoms with van der Waals surface area (Å²) in [5.41, 5.74) is 6.80. The number of hydrogen-bond acceptors (Lipinski definition) is 3. The Kier molecular flexibility index (Phi) is 2.99. The van der Waals surface area contributed by atoms with Gasteiger partial charge in [-0.25, -0.2) is 0 Å². The minimum absolute atomic E-state index is 0.0717. The van der Waals surface area contributed by atoms with E-state index in [0.29, 0.717) is 12.2 Å². The van der Waals surface area contributed by atoms with Crippen molar-refractivity contribution in [3.05, 3.63) is 35.4 Å². The lowest BCUT2D eigenvalue weighted by Gasteiger charge is -2.25. The SMILES string of the molecule is NC(=O)c1ccccc1C1COCCN1. The van der Waals surface area contributed by atoms with Crippen LogP contribution in [0.1, 0.15) is 22.0 Å². The molecule has 0 spiro atoms. The zero-order valence-corrected chi connectivity index (χ0v) is 8.40. The van der Waals surface area contributed by atoms with Crippen LogP contribution in [0.25, 0.3) is 0 Å². The highest BCUT2D eigenvalue weighted by Crippen LogP contribution is 2.19. The zero-order chi connectivity index (χ0) is 10.7. The van der Waals surface area contributed by atoms with Crippen LogP contribution in [0.2, 0.25) is 0 Å². The molecule has 1 aromatic carbocycles. The molecule has 1 atom stereocenters. The molecule has 4 heteroatoms. The summed E-state index contributed by atoms with van der Waals surface area (Å²) in [4.78, 5) is 11.2. The molecule has 0 saturated carbocycles. The highest BCUT2D eigenvalue weighted by atomic mass is 16.5. The fourth-order valence-electron chi connectivity index (χ4n) is 1.79. The predicted molar refractivity (Wildman–Crippen MR) is 56.5 cm³/mol. The minimum atomic E-state index is -0.391. The van der Waals surface area contributed by atoms with Crippen LogP contribution in [0.5, 0.6) is 0 Å². The Morgan fingerprint density at radius 3 is 2.93 bits per heavy atom. The molecule has 0 bridgehead atoms. The number of nitrogens with two attached hydrogens (primary N) is 1. The fraction of sp³-hybridized carbons (Fsp3) is 0.364. The van der Waals surface area contributed by atoms with Crippen LogP contribution in [0, 0.1) is 0 Å². The number of rotatable bonds is 2. The van der Waals surface area contributed by atoms with Crippen molar-refractivity contribution in [3.8, 4) is 0 Å². The van der Waals surface area contributed by atoms with Gasteiger partial charge in [-0.05, 0) is 11.6 Å². The van der Waals surface area contributed by atoms with E-state index in [1.54, 1.807) is 6.07 Å². The Balaban J connectivity index is 2.29. The molecule has 2 rings (SSSR count). The molecule has 0 radical (unpaired) electrons. The maximum absolute atomic E-state index is 11.2. The van der Waals surface area contributed by atoms with Gasteiger partial charge in [0.25, 0.3) is 0 Å². The summed E-state index contributed by atoms with van der Waals surface area (Å²) >= 11 is 0. The van der Waals surface area contributed by atoms with Gasteiger partial charge >= 0.3 is 0 Å². The second kappa shape index (κ2) is 4.42. The molecule has 1 amide bonds. The largest absolute Gasteiger partial charge is 0.378 e. The minimum Gasteiger partial charge on any atom is -0.378 e. The second-order valence-corrected chi connectivity index (χ2v) is 3.53. The van der Waals surface area contributed by atoms with Gasteiger partial charge in [-0.15, -0.1) is 0 Å². The molecule has 1 saturated heterocycles. The molecule has 1 heterocycles. The van der Waals surface area contributed by atoms with Crippen LogP contribution < -0.4 is 11.1 Å². The molecule has 15 heavy (non-hydrogen) atoms. The molecule has 1 aromatic rings. The third kappa shape index (κ3) is 2.16. The van der Waals surface area contributed by atoms with Crippen LogP contribution >= 0.6 is 0 Å². The first-order valence-corrected chi connectivity index (χ1v) is 4.99. The normalized spacial score (nSPS) is 21.2. The van der Waals surface area contributed by atoms with Gasteiger partial charge in [0.2, 0.25) is 5.91 Å². The zero-order valence-electron chi connectivity index (χ0n) is 8.40. The van der Waals surface area contributed by atoms with E-state index >= 15 is 0 Å². The van der Waals surface area contributed by atoms with E-state index in [2.05, 4.69) is 5.32 Å². The van der Waals surface area contributed by atoms with Crippen molar-refractivity contribution in [2.45, 2.75) is 6.04 Å². The molecule has 3 N–H and O–H groups in total. The Labute approximate surface area is 88.4 Å². The molecule has 1 aliphatic heterocycles. The Bertz CT molecular complexity index is 359. The van der Waals surface area contributed by atoms with Crippen molar-refractivity contribution >= 4 is 5.91 Å². The monoisotopic (exact) mass is 206 g/mol. The average Bonchev–Trinajstić information content (AvgIpc) is 2.30. The predicted octanol–water partition coefficient (Wildman–Crippen LogP) is 0.446. The van der Waals surface area contributed by atoms with Gasteiger partial charge in [0.1, 0.15) is 0 Å². The van der Waals surface area contributed by atoms with Crippen molar-refractivity contribution in [2.24, 2.45) is 5.73 Å². The number of carbonyl (C=O) groups is 1. The van der Waals surface area contributed by atoms with Gasteiger partial charge in [0.15, 0.2) is 0 Å². The Morgan fingerprint density at radius 2 is 2.27 bits per heavy atom. The number of carbonyl (C=O) groups excluding carboxylic acids is 1. The van der Waals surface area contributed by atoms with E-state index in [-0.39, 0.29) is 6.04 Å². The van der Waals surface area contributed by atoms with Gasteiger partial charge in [0.05, 0.1) is 19.3 Å². The van der Waals surface area contributed by atoms with Crippen LogP contribution in [-0.4, -0.2) is 25.7 Å². The smallest absolute Gasteiger partial charge is 0.249 e. The van der Waals surface area contributed by atoms with Crippen molar-refractivity contribution in [2.75, 3.05) is 19.8 Å². The standard InChI is InChI=1S/C11H14N2O2/c12-11(14)9-4-2-1-3-8(9)10-7-15-6-5-13-10/h1-4,10,13H,5-7H2,(H2,12,14). The average molecular weight is 206 g/mol. The summed E-state index contributed by atoms with van der Waals surface area (Å²) < 4.78 is 5.36. The summed E-state index contributed by atoms with van der Waals surface area (Å²) in [7, 11) is 0. The lowest BCUT2D eigenvalue weighted by atomic mass is 10.00. The van der Waals surface area contributed by atoms with E-state index < -0.39 is 5.91 Å². The topological polar surface area (TPSA) is 64.4 Å². The maximum atomic E-state index is 11.2. The lowest BCUT2D eigenvalue weighted by Crippen LogP contribution is -2.35. The van der Waals surface area contributed by atoms with Gasteiger partial charge in [-0.2, -0.15) is 0 Å². The van der Waals surface area contributed by atoms with Crippen LogP contribution in [-0.2, 0) is 4.74 Å². The van der Waals surface area contributed by atoms with E-state index in [1.807, 2.05) is 18.2 Å². The number of benzene rings is 1. The maximum Gasteiger partial charge on any atom is 0.249 e. The van der Waals surface area contributed by atoms with Gasteiger partial charge in [-0.3, -0.25) is 4.79 Å². The third-order valence-corrected chi connectivity index (χ3v) is 2.52. The fourth-order valence-corrected chi connectivity index (χ4v) is 1.79. The molecular weight excluding hydrogens is 192 g/mol. The van der Waals surface area contributed by atoms with Crippen LogP contribution in [0.15, 0.2) is 24.3 Å². The van der Waals surface area contributed by atoms with Crippen LogP contribution in [0.4, 0.5) is 0 Å². The van der Waals surface area contributed by atoms with E-state index in [4.69, 9.17) is 10.5 Å². The molecule has 4 nitrogen and oxygen atoms in total. The van der Waals surface area contributed by atoms with Gasteiger partial charge in [-0.1, -0.05) is 18.2 Å². The highest BCUT2D eigenvalue weighted by Gasteiger charge is 2.19. The van der Waals surface area contributed by atoms with Gasteiger partial charge < -0.3 is 15.8 Å². The number of ether oxygens (including phenoxy) is 1. The highest BCUT2D eigenvalue weighted by molar-refractivity contribution is 5.94. The Morgan fingerprint density at radius 1 is 1.47 bits per heavy atom. The van der Waals surface area contributed by atoms with E-state index in [9.17, 15) is 4.79 Å². The number of primary amides is 1. The van der Waals surface area contributed by atoms with Crippen LogP contribution in [0.3, 0.4) is 0 Å².